The maximum absolute atomic E-state index is 12.2. The van der Waals surface area contributed by atoms with Gasteiger partial charge in [0.1, 0.15) is 6.61 Å². The Balaban J connectivity index is 1.21. The second-order valence-electron chi connectivity index (χ2n) is 8.50. The number of rotatable bonds is 5. The number of nitrogens with zero attached hydrogens (tertiary/aromatic N) is 2. The summed E-state index contributed by atoms with van der Waals surface area (Å²) < 4.78 is 11.8. The Morgan fingerprint density at radius 1 is 1.03 bits per heavy atom. The summed E-state index contributed by atoms with van der Waals surface area (Å²) in [6.07, 6.45) is 2.75. The highest BCUT2D eigenvalue weighted by molar-refractivity contribution is 5.81. The van der Waals surface area contributed by atoms with Crippen LogP contribution in [0.1, 0.15) is 35.6 Å². The van der Waals surface area contributed by atoms with Crippen LogP contribution in [0, 0.1) is 0 Å². The highest BCUT2D eigenvalue weighted by atomic mass is 16.6. The number of hydrogen-bond acceptors (Lipinski definition) is 5. The SMILES string of the molecule is O=C(O)C1(c2ccccc2)CCN(Cc2ccc(C3COc4cccnc4O3)cc2)CC1. The van der Waals surface area contributed by atoms with Crippen molar-refractivity contribution in [3.8, 4) is 11.6 Å². The van der Waals surface area contributed by atoms with E-state index in [1.165, 1.54) is 5.56 Å². The molecule has 3 heterocycles. The summed E-state index contributed by atoms with van der Waals surface area (Å²) in [5.41, 5.74) is 2.37. The Morgan fingerprint density at radius 3 is 2.50 bits per heavy atom. The Labute approximate surface area is 187 Å². The lowest BCUT2D eigenvalue weighted by molar-refractivity contribution is -0.146. The summed E-state index contributed by atoms with van der Waals surface area (Å²) in [7, 11) is 0. The van der Waals surface area contributed by atoms with Crippen LogP contribution in [0.15, 0.2) is 72.9 Å². The maximum Gasteiger partial charge on any atom is 0.314 e. The molecule has 2 aromatic carbocycles. The van der Waals surface area contributed by atoms with Gasteiger partial charge in [-0.15, -0.1) is 0 Å². The van der Waals surface area contributed by atoms with Crippen molar-refractivity contribution in [1.82, 2.24) is 9.88 Å². The molecule has 1 unspecified atom stereocenters. The number of piperidine rings is 1. The van der Waals surface area contributed by atoms with Crippen molar-refractivity contribution in [3.63, 3.8) is 0 Å². The third-order valence-electron chi connectivity index (χ3n) is 6.58. The summed E-state index contributed by atoms with van der Waals surface area (Å²) in [5.74, 6) is 0.485. The zero-order valence-corrected chi connectivity index (χ0v) is 17.8. The van der Waals surface area contributed by atoms with E-state index < -0.39 is 11.4 Å². The molecule has 1 N–H and O–H groups in total. The lowest BCUT2D eigenvalue weighted by Gasteiger charge is -2.39. The van der Waals surface area contributed by atoms with E-state index in [0.717, 1.165) is 30.8 Å². The normalized spacial score (nSPS) is 19.9. The predicted molar refractivity (Wildman–Crippen MR) is 120 cm³/mol. The number of ether oxygens (including phenoxy) is 2. The summed E-state index contributed by atoms with van der Waals surface area (Å²) in [6, 6.07) is 21.7. The quantitative estimate of drug-likeness (QED) is 0.654. The van der Waals surface area contributed by atoms with E-state index in [0.29, 0.717) is 31.1 Å². The van der Waals surface area contributed by atoms with Crippen molar-refractivity contribution in [2.75, 3.05) is 19.7 Å². The van der Waals surface area contributed by atoms with Gasteiger partial charge in [-0.25, -0.2) is 4.98 Å². The summed E-state index contributed by atoms with van der Waals surface area (Å²) in [4.78, 5) is 18.7. The second-order valence-corrected chi connectivity index (χ2v) is 8.50. The Kier molecular flexibility index (Phi) is 5.53. The van der Waals surface area contributed by atoms with Gasteiger partial charge < -0.3 is 14.6 Å². The van der Waals surface area contributed by atoms with Crippen LogP contribution >= 0.6 is 0 Å². The minimum atomic E-state index is -0.787. The molecule has 2 aliphatic rings. The molecule has 6 nitrogen and oxygen atoms in total. The van der Waals surface area contributed by atoms with Crippen molar-refractivity contribution < 1.29 is 19.4 Å². The van der Waals surface area contributed by atoms with E-state index >= 15 is 0 Å². The molecule has 0 spiro atoms. The first-order valence-corrected chi connectivity index (χ1v) is 11.0. The van der Waals surface area contributed by atoms with E-state index in [-0.39, 0.29) is 6.10 Å². The fourth-order valence-electron chi connectivity index (χ4n) is 4.64. The third-order valence-corrected chi connectivity index (χ3v) is 6.58. The first kappa shape index (κ1) is 20.5. The van der Waals surface area contributed by atoms with Crippen molar-refractivity contribution in [3.05, 3.63) is 89.6 Å². The van der Waals surface area contributed by atoms with E-state index in [2.05, 4.69) is 34.1 Å². The smallest absolute Gasteiger partial charge is 0.314 e. The zero-order valence-electron chi connectivity index (χ0n) is 17.8. The standard InChI is InChI=1S/C26H26N2O4/c29-25(30)26(21-5-2-1-3-6-21)12-15-28(16-13-26)17-19-8-10-20(11-9-19)23-18-31-22-7-4-14-27-24(22)32-23/h1-11,14,23H,12-13,15-18H2,(H,29,30). The Morgan fingerprint density at radius 2 is 1.78 bits per heavy atom. The number of carboxylic acids is 1. The molecule has 0 bridgehead atoms. The van der Waals surface area contributed by atoms with Crippen molar-refractivity contribution in [1.29, 1.82) is 0 Å². The lowest BCUT2D eigenvalue weighted by Crippen LogP contribution is -2.47. The lowest BCUT2D eigenvalue weighted by atomic mass is 9.73. The molecule has 32 heavy (non-hydrogen) atoms. The minimum Gasteiger partial charge on any atom is -0.484 e. The van der Waals surface area contributed by atoms with Crippen LogP contribution in [0.25, 0.3) is 0 Å². The van der Waals surface area contributed by atoms with Crippen LogP contribution < -0.4 is 9.47 Å². The average Bonchev–Trinajstić information content (AvgIpc) is 2.85. The second kappa shape index (κ2) is 8.63. The zero-order chi connectivity index (χ0) is 22.0. The summed E-state index contributed by atoms with van der Waals surface area (Å²) in [5, 5.41) is 9.99. The van der Waals surface area contributed by atoms with Crippen LogP contribution in [0.2, 0.25) is 0 Å². The average molecular weight is 431 g/mol. The molecule has 5 rings (SSSR count). The van der Waals surface area contributed by atoms with Crippen LogP contribution in [-0.4, -0.2) is 40.7 Å². The van der Waals surface area contributed by atoms with Gasteiger partial charge >= 0.3 is 5.97 Å². The molecule has 0 radical (unpaired) electrons. The highest BCUT2D eigenvalue weighted by Crippen LogP contribution is 2.37. The topological polar surface area (TPSA) is 71.9 Å². The van der Waals surface area contributed by atoms with Gasteiger partial charge in [0, 0.05) is 12.7 Å². The first-order chi connectivity index (χ1) is 15.6. The molecule has 0 aliphatic carbocycles. The molecule has 0 saturated carbocycles. The predicted octanol–water partition coefficient (Wildman–Crippen LogP) is 4.21. The fourth-order valence-corrected chi connectivity index (χ4v) is 4.64. The van der Waals surface area contributed by atoms with Gasteiger partial charge in [-0.05, 0) is 54.8 Å². The number of likely N-dealkylation sites (tertiary alicyclic amines) is 1. The molecule has 0 amide bonds. The van der Waals surface area contributed by atoms with E-state index in [1.807, 2.05) is 42.5 Å². The van der Waals surface area contributed by atoms with E-state index in [9.17, 15) is 9.90 Å². The molecule has 1 saturated heterocycles. The van der Waals surface area contributed by atoms with Gasteiger partial charge in [-0.3, -0.25) is 9.69 Å². The van der Waals surface area contributed by atoms with Crippen LogP contribution in [0.3, 0.4) is 0 Å². The maximum atomic E-state index is 12.2. The molecule has 1 fully saturated rings. The monoisotopic (exact) mass is 430 g/mol. The number of benzene rings is 2. The first-order valence-electron chi connectivity index (χ1n) is 11.0. The number of fused-ring (bicyclic) bond motifs is 1. The number of aromatic nitrogens is 1. The van der Waals surface area contributed by atoms with Crippen molar-refractivity contribution in [2.45, 2.75) is 30.9 Å². The Bertz CT molecular complexity index is 1080. The molecular formula is C26H26N2O4. The van der Waals surface area contributed by atoms with Gasteiger partial charge in [0.2, 0.25) is 0 Å². The number of pyridine rings is 1. The van der Waals surface area contributed by atoms with Crippen molar-refractivity contribution >= 4 is 5.97 Å². The van der Waals surface area contributed by atoms with Crippen LogP contribution in [0.5, 0.6) is 11.6 Å². The number of carboxylic acid groups (broad SMARTS) is 1. The largest absolute Gasteiger partial charge is 0.484 e. The van der Waals surface area contributed by atoms with Crippen LogP contribution in [-0.2, 0) is 16.8 Å². The molecule has 6 heteroatoms. The minimum absolute atomic E-state index is 0.177. The molecular weight excluding hydrogens is 404 g/mol. The molecule has 2 aliphatic heterocycles. The number of carbonyl (C=O) groups is 1. The van der Waals surface area contributed by atoms with Gasteiger partial charge in [0.15, 0.2) is 11.9 Å². The molecule has 1 aromatic heterocycles. The summed E-state index contributed by atoms with van der Waals surface area (Å²) in [6.45, 7) is 2.77. The summed E-state index contributed by atoms with van der Waals surface area (Å²) >= 11 is 0. The Hall–Kier alpha value is -3.38. The van der Waals surface area contributed by atoms with E-state index in [4.69, 9.17) is 9.47 Å². The fraction of sp³-hybridized carbons (Fsp3) is 0.308. The molecule has 1 atom stereocenters. The number of aliphatic carboxylic acids is 1. The van der Waals surface area contributed by atoms with Gasteiger partial charge in [-0.1, -0.05) is 54.6 Å². The van der Waals surface area contributed by atoms with Gasteiger partial charge in [0.05, 0.1) is 5.41 Å². The molecule has 3 aromatic rings. The highest BCUT2D eigenvalue weighted by Gasteiger charge is 2.42. The van der Waals surface area contributed by atoms with Crippen LogP contribution in [0.4, 0.5) is 0 Å². The third kappa shape index (κ3) is 3.94. The van der Waals surface area contributed by atoms with Crippen molar-refractivity contribution in [2.24, 2.45) is 0 Å². The van der Waals surface area contributed by atoms with Gasteiger partial charge in [0.25, 0.3) is 5.88 Å². The molecule has 164 valence electrons. The van der Waals surface area contributed by atoms with Gasteiger partial charge in [-0.2, -0.15) is 0 Å². The number of hydrogen-bond donors (Lipinski definition) is 1. The van der Waals surface area contributed by atoms with E-state index in [1.54, 1.807) is 6.20 Å².